The van der Waals surface area contributed by atoms with Gasteiger partial charge in [0.1, 0.15) is 5.82 Å². The van der Waals surface area contributed by atoms with Gasteiger partial charge in [0.15, 0.2) is 0 Å². The van der Waals surface area contributed by atoms with Crippen molar-refractivity contribution in [3.8, 4) is 0 Å². The topological polar surface area (TPSA) is 39.1 Å². The molecule has 4 rings (SSSR count). The van der Waals surface area contributed by atoms with Gasteiger partial charge in [0.25, 0.3) is 5.91 Å². The van der Waals surface area contributed by atoms with Crippen molar-refractivity contribution in [3.05, 3.63) is 71.0 Å². The van der Waals surface area contributed by atoms with Crippen LogP contribution in [0.15, 0.2) is 53.6 Å². The van der Waals surface area contributed by atoms with Crippen LogP contribution >= 0.6 is 0 Å². The monoisotopic (exact) mass is 408 g/mol. The quantitative estimate of drug-likeness (QED) is 0.761. The number of hydrogen-bond donors (Lipinski definition) is 0. The predicted octanol–water partition coefficient (Wildman–Crippen LogP) is 3.45. The number of piperazine rings is 1. The van der Waals surface area contributed by atoms with Crippen LogP contribution in [0, 0.1) is 12.7 Å². The number of hydrazone groups is 1. The molecular weight excluding hydrogens is 379 g/mol. The second-order valence-electron chi connectivity index (χ2n) is 8.08. The highest BCUT2D eigenvalue weighted by Gasteiger charge is 2.34. The Hall–Kier alpha value is -2.57. The number of carbonyl (C=O) groups excluding carboxylic acids is 1. The summed E-state index contributed by atoms with van der Waals surface area (Å²) in [6.45, 7) is 9.39. The number of aryl methyl sites for hydroxylation is 1. The van der Waals surface area contributed by atoms with Crippen LogP contribution in [0.4, 0.5) is 4.39 Å². The molecule has 30 heavy (non-hydrogen) atoms. The van der Waals surface area contributed by atoms with Gasteiger partial charge in [-0.25, -0.2) is 9.40 Å². The minimum absolute atomic E-state index is 0.000366. The average molecular weight is 409 g/mol. The Balaban J connectivity index is 1.57. The fourth-order valence-electron chi connectivity index (χ4n) is 4.31. The van der Waals surface area contributed by atoms with Gasteiger partial charge in [-0.2, -0.15) is 5.10 Å². The van der Waals surface area contributed by atoms with E-state index in [1.807, 2.05) is 18.2 Å². The second-order valence-corrected chi connectivity index (χ2v) is 8.08. The van der Waals surface area contributed by atoms with E-state index in [0.29, 0.717) is 13.0 Å². The highest BCUT2D eigenvalue weighted by Crippen LogP contribution is 2.34. The summed E-state index contributed by atoms with van der Waals surface area (Å²) in [4.78, 5) is 17.9. The molecule has 1 amide bonds. The molecule has 2 aliphatic rings. The zero-order valence-corrected chi connectivity index (χ0v) is 17.7. The highest BCUT2D eigenvalue weighted by molar-refractivity contribution is 6.03. The lowest BCUT2D eigenvalue weighted by molar-refractivity contribution is -0.134. The maximum absolute atomic E-state index is 13.8. The summed E-state index contributed by atoms with van der Waals surface area (Å²) in [6, 6.07) is 14.4. The number of rotatable bonds is 5. The van der Waals surface area contributed by atoms with E-state index in [4.69, 9.17) is 5.10 Å². The first-order chi connectivity index (χ1) is 14.5. The van der Waals surface area contributed by atoms with Crippen LogP contribution in [0.1, 0.15) is 36.1 Å². The molecule has 0 aromatic heterocycles. The fourth-order valence-corrected chi connectivity index (χ4v) is 4.31. The van der Waals surface area contributed by atoms with Gasteiger partial charge in [-0.15, -0.1) is 0 Å². The van der Waals surface area contributed by atoms with Crippen molar-refractivity contribution in [2.75, 3.05) is 39.3 Å². The van der Waals surface area contributed by atoms with Gasteiger partial charge in [-0.3, -0.25) is 9.69 Å². The molecule has 1 fully saturated rings. The summed E-state index contributed by atoms with van der Waals surface area (Å²) in [6.07, 6.45) is 0.587. The first-order valence-corrected chi connectivity index (χ1v) is 10.7. The molecule has 0 unspecified atom stereocenters. The minimum atomic E-state index is -0.291. The molecule has 2 aliphatic heterocycles. The fraction of sp³-hybridized carbons (Fsp3) is 0.417. The van der Waals surface area contributed by atoms with E-state index in [0.717, 1.165) is 55.1 Å². The maximum atomic E-state index is 13.8. The Labute approximate surface area is 177 Å². The Morgan fingerprint density at radius 3 is 2.50 bits per heavy atom. The molecule has 2 aromatic rings. The van der Waals surface area contributed by atoms with Crippen molar-refractivity contribution in [2.45, 2.75) is 26.3 Å². The zero-order valence-electron chi connectivity index (χ0n) is 17.7. The zero-order chi connectivity index (χ0) is 21.1. The lowest BCUT2D eigenvalue weighted by Crippen LogP contribution is -2.49. The Morgan fingerprint density at radius 1 is 1.07 bits per heavy atom. The van der Waals surface area contributed by atoms with Gasteiger partial charge in [-0.05, 0) is 36.7 Å². The van der Waals surface area contributed by atoms with Crippen LogP contribution < -0.4 is 0 Å². The van der Waals surface area contributed by atoms with Gasteiger partial charge in [0.05, 0.1) is 18.3 Å². The molecule has 0 aliphatic carbocycles. The van der Waals surface area contributed by atoms with Crippen LogP contribution in [-0.4, -0.2) is 65.7 Å². The first-order valence-electron chi connectivity index (χ1n) is 10.7. The van der Waals surface area contributed by atoms with Crippen molar-refractivity contribution in [1.29, 1.82) is 0 Å². The van der Waals surface area contributed by atoms with Crippen LogP contribution in [0.3, 0.4) is 0 Å². The van der Waals surface area contributed by atoms with E-state index >= 15 is 0 Å². The van der Waals surface area contributed by atoms with Crippen molar-refractivity contribution < 1.29 is 9.18 Å². The summed E-state index contributed by atoms with van der Waals surface area (Å²) in [7, 11) is 0. The predicted molar refractivity (Wildman–Crippen MR) is 117 cm³/mol. The van der Waals surface area contributed by atoms with Crippen molar-refractivity contribution in [1.82, 2.24) is 14.8 Å². The molecular formula is C24H29FN4O. The normalized spacial score (nSPS) is 20.4. The van der Waals surface area contributed by atoms with Gasteiger partial charge < -0.3 is 4.90 Å². The summed E-state index contributed by atoms with van der Waals surface area (Å²) in [5.74, 6) is -0.291. The Morgan fingerprint density at radius 2 is 1.80 bits per heavy atom. The molecule has 1 atom stereocenters. The number of amides is 1. The number of benzene rings is 2. The summed E-state index contributed by atoms with van der Waals surface area (Å²) < 4.78 is 13.8. The molecule has 6 heteroatoms. The third kappa shape index (κ3) is 4.45. The molecule has 0 saturated carbocycles. The third-order valence-electron chi connectivity index (χ3n) is 6.14. The molecule has 0 radical (unpaired) electrons. The van der Waals surface area contributed by atoms with E-state index in [-0.39, 0.29) is 17.8 Å². The second kappa shape index (κ2) is 9.06. The SMILES string of the molecule is CCN1CCN(CC(=O)N2N=C(c3cccc(F)c3)C[C@@H]2c2ccccc2C)CC1. The van der Waals surface area contributed by atoms with Crippen LogP contribution in [0.25, 0.3) is 0 Å². The molecule has 0 spiro atoms. The Bertz CT molecular complexity index is 936. The standard InChI is InChI=1S/C24H29FN4O/c1-3-27-11-13-28(14-12-27)17-24(30)29-23(21-10-5-4-7-18(21)2)16-22(26-29)19-8-6-9-20(25)15-19/h4-10,15,23H,3,11-14,16-17H2,1-2H3/t23-/m1/s1. The Kier molecular flexibility index (Phi) is 6.25. The average Bonchev–Trinajstić information content (AvgIpc) is 3.20. The van der Waals surface area contributed by atoms with E-state index < -0.39 is 0 Å². The molecule has 0 bridgehead atoms. The lowest BCUT2D eigenvalue weighted by atomic mass is 9.95. The molecule has 1 saturated heterocycles. The van der Waals surface area contributed by atoms with Gasteiger partial charge in [-0.1, -0.05) is 43.3 Å². The summed E-state index contributed by atoms with van der Waals surface area (Å²) in [5, 5.41) is 6.33. The van der Waals surface area contributed by atoms with E-state index in [1.54, 1.807) is 11.1 Å². The molecule has 0 N–H and O–H groups in total. The first kappa shape index (κ1) is 20.7. The van der Waals surface area contributed by atoms with Gasteiger partial charge in [0, 0.05) is 38.2 Å². The lowest BCUT2D eigenvalue weighted by Gasteiger charge is -2.34. The van der Waals surface area contributed by atoms with E-state index in [1.165, 1.54) is 12.1 Å². The van der Waals surface area contributed by atoms with Crippen LogP contribution in [0.2, 0.25) is 0 Å². The van der Waals surface area contributed by atoms with Crippen LogP contribution in [-0.2, 0) is 4.79 Å². The van der Waals surface area contributed by atoms with Crippen LogP contribution in [0.5, 0.6) is 0 Å². The highest BCUT2D eigenvalue weighted by atomic mass is 19.1. The molecule has 5 nitrogen and oxygen atoms in total. The minimum Gasteiger partial charge on any atom is -0.301 e. The van der Waals surface area contributed by atoms with Crippen molar-refractivity contribution in [3.63, 3.8) is 0 Å². The van der Waals surface area contributed by atoms with E-state index in [2.05, 4.69) is 35.8 Å². The molecule has 158 valence electrons. The summed E-state index contributed by atoms with van der Waals surface area (Å²) >= 11 is 0. The number of hydrogen-bond acceptors (Lipinski definition) is 4. The number of likely N-dealkylation sites (N-methyl/N-ethyl adjacent to an activating group) is 1. The van der Waals surface area contributed by atoms with Gasteiger partial charge in [0.2, 0.25) is 0 Å². The number of nitrogens with zero attached hydrogens (tertiary/aromatic N) is 4. The van der Waals surface area contributed by atoms with E-state index in [9.17, 15) is 9.18 Å². The number of carbonyl (C=O) groups is 1. The molecule has 2 heterocycles. The number of halogens is 1. The van der Waals surface area contributed by atoms with Crippen molar-refractivity contribution >= 4 is 11.6 Å². The molecule has 2 aromatic carbocycles. The summed E-state index contributed by atoms with van der Waals surface area (Å²) in [5.41, 5.74) is 3.72. The largest absolute Gasteiger partial charge is 0.301 e. The maximum Gasteiger partial charge on any atom is 0.257 e. The smallest absolute Gasteiger partial charge is 0.257 e. The third-order valence-corrected chi connectivity index (χ3v) is 6.14. The van der Waals surface area contributed by atoms with Crippen molar-refractivity contribution in [2.24, 2.45) is 5.10 Å². The van der Waals surface area contributed by atoms with Gasteiger partial charge >= 0.3 is 0 Å².